The Kier molecular flexibility index (Phi) is 8.72. The van der Waals surface area contributed by atoms with Gasteiger partial charge in [-0.25, -0.2) is 15.8 Å². The minimum Gasteiger partial charge on any atom is -0.494 e. The van der Waals surface area contributed by atoms with Crippen LogP contribution in [0.15, 0.2) is 66.9 Å². The van der Waals surface area contributed by atoms with Gasteiger partial charge < -0.3 is 14.6 Å². The number of aromatic nitrogens is 2. The number of nitrogens with two attached hydrogens (primary N) is 1. The number of hydrogen-bond donors (Lipinski definition) is 4. The molecule has 0 radical (unpaired) electrons. The van der Waals surface area contributed by atoms with Crippen molar-refractivity contribution >= 4 is 34.6 Å². The Balaban J connectivity index is 1.59. The number of fused-ring (bicyclic) bond motifs is 1. The van der Waals surface area contributed by atoms with Crippen LogP contribution in [0.1, 0.15) is 30.1 Å². The molecule has 2 aromatic carbocycles. The molecule has 0 aliphatic rings. The van der Waals surface area contributed by atoms with E-state index < -0.39 is 5.91 Å². The average molecular weight is 504 g/mol. The molecular weight excluding hydrogens is 474 g/mol. The largest absolute Gasteiger partial charge is 0.494 e. The molecule has 8 nitrogen and oxygen atoms in total. The van der Waals surface area contributed by atoms with Crippen LogP contribution in [0.2, 0.25) is 0 Å². The van der Waals surface area contributed by atoms with Crippen molar-refractivity contribution in [3.63, 3.8) is 0 Å². The number of carbonyl (C=O) groups is 1. The maximum absolute atomic E-state index is 12.5. The summed E-state index contributed by atoms with van der Waals surface area (Å²) in [5, 5.41) is 9.49. The molecule has 4 rings (SSSR count). The van der Waals surface area contributed by atoms with Crippen molar-refractivity contribution in [2.24, 2.45) is 5.84 Å². The summed E-state index contributed by atoms with van der Waals surface area (Å²) < 4.78 is 8.89. The second-order valence-electron chi connectivity index (χ2n) is 8.03. The Morgan fingerprint density at radius 1 is 1.03 bits per heavy atom. The maximum atomic E-state index is 12.5. The molecule has 186 valence electrons. The molecule has 0 aliphatic heterocycles. The highest BCUT2D eigenvalue weighted by Gasteiger charge is 2.15. The van der Waals surface area contributed by atoms with Crippen molar-refractivity contribution in [3.05, 3.63) is 72.4 Å². The molecule has 0 atom stereocenters. The number of benzene rings is 2. The fraction of sp³-hybridized carbons (Fsp3) is 0.222. The smallest absolute Gasteiger partial charge is 0.265 e. The first-order valence-electron chi connectivity index (χ1n) is 11.8. The van der Waals surface area contributed by atoms with E-state index in [0.717, 1.165) is 41.0 Å². The molecule has 0 aliphatic carbocycles. The third kappa shape index (κ3) is 6.12. The fourth-order valence-corrected chi connectivity index (χ4v) is 4.12. The highest BCUT2D eigenvalue weighted by atomic mass is 32.2. The maximum Gasteiger partial charge on any atom is 0.265 e. The van der Waals surface area contributed by atoms with E-state index in [0.29, 0.717) is 34.6 Å². The van der Waals surface area contributed by atoms with E-state index in [4.69, 9.17) is 20.7 Å². The molecule has 2 heterocycles. The van der Waals surface area contributed by atoms with Crippen molar-refractivity contribution in [2.75, 3.05) is 23.7 Å². The molecule has 9 heteroatoms. The second-order valence-corrected chi connectivity index (χ2v) is 9.10. The minimum absolute atomic E-state index is 0.183. The van der Waals surface area contributed by atoms with Gasteiger partial charge in [0.15, 0.2) is 0 Å². The van der Waals surface area contributed by atoms with Gasteiger partial charge in [-0.1, -0.05) is 55.3 Å². The van der Waals surface area contributed by atoms with Crippen molar-refractivity contribution in [3.8, 4) is 28.1 Å². The number of aliphatic hydroxyl groups is 1. The molecule has 0 bridgehead atoms. The van der Waals surface area contributed by atoms with Gasteiger partial charge >= 0.3 is 0 Å². The summed E-state index contributed by atoms with van der Waals surface area (Å²) in [5.41, 5.74) is 6.95. The Bertz CT molecular complexity index is 1310. The van der Waals surface area contributed by atoms with Crippen LogP contribution in [0.5, 0.6) is 5.75 Å². The summed E-state index contributed by atoms with van der Waals surface area (Å²) in [6.45, 7) is 2.82. The van der Waals surface area contributed by atoms with E-state index in [1.165, 1.54) is 11.9 Å². The van der Waals surface area contributed by atoms with Crippen LogP contribution >= 0.6 is 11.9 Å². The molecule has 0 fully saturated rings. The first kappa shape index (κ1) is 25.4. The zero-order valence-corrected chi connectivity index (χ0v) is 20.8. The molecule has 1 amide bonds. The Morgan fingerprint density at radius 3 is 2.39 bits per heavy atom. The van der Waals surface area contributed by atoms with Gasteiger partial charge in [0.1, 0.15) is 11.6 Å². The third-order valence-corrected chi connectivity index (χ3v) is 6.22. The second kappa shape index (κ2) is 12.3. The van der Waals surface area contributed by atoms with Crippen LogP contribution in [-0.4, -0.2) is 39.9 Å². The number of ether oxygens (including phenoxy) is 1. The molecule has 0 saturated heterocycles. The van der Waals surface area contributed by atoms with Gasteiger partial charge in [-0.3, -0.25) is 10.2 Å². The highest BCUT2D eigenvalue weighted by molar-refractivity contribution is 8.00. The number of aliphatic hydroxyl groups excluding tert-OH is 1. The van der Waals surface area contributed by atoms with Crippen LogP contribution in [0.3, 0.4) is 0 Å². The van der Waals surface area contributed by atoms with Crippen molar-refractivity contribution in [1.29, 1.82) is 0 Å². The number of amides is 1. The van der Waals surface area contributed by atoms with Crippen molar-refractivity contribution in [2.45, 2.75) is 19.8 Å². The van der Waals surface area contributed by atoms with E-state index in [-0.39, 0.29) is 6.61 Å². The SMILES string of the molecule is CCSNc1cc2nc(-c3ccc(-c4ccc(OCCCCO)cc4)cc3)cc(C(=O)NN)c2cn1. The normalized spacial score (nSPS) is 10.9. The number of pyridine rings is 2. The van der Waals surface area contributed by atoms with Crippen molar-refractivity contribution in [1.82, 2.24) is 15.4 Å². The van der Waals surface area contributed by atoms with Crippen molar-refractivity contribution < 1.29 is 14.6 Å². The van der Waals surface area contributed by atoms with Gasteiger partial charge in [-0.15, -0.1) is 0 Å². The minimum atomic E-state index is -0.399. The predicted molar refractivity (Wildman–Crippen MR) is 146 cm³/mol. The number of rotatable bonds is 11. The third-order valence-electron chi connectivity index (χ3n) is 5.58. The van der Waals surface area contributed by atoms with E-state index in [2.05, 4.69) is 15.1 Å². The topological polar surface area (TPSA) is 122 Å². The summed E-state index contributed by atoms with van der Waals surface area (Å²) in [7, 11) is 0. The summed E-state index contributed by atoms with van der Waals surface area (Å²) in [6.07, 6.45) is 3.20. The van der Waals surface area contributed by atoms with E-state index >= 15 is 0 Å². The number of nitrogens with zero attached hydrogens (tertiary/aromatic N) is 2. The average Bonchev–Trinajstić information content (AvgIpc) is 2.93. The predicted octanol–water partition coefficient (Wildman–Crippen LogP) is 4.80. The lowest BCUT2D eigenvalue weighted by molar-refractivity contribution is 0.0955. The number of nitrogens with one attached hydrogen (secondary N) is 2. The molecule has 0 spiro atoms. The van der Waals surface area contributed by atoms with Gasteiger partial charge in [-0.05, 0) is 42.2 Å². The molecule has 0 unspecified atom stereocenters. The summed E-state index contributed by atoms with van der Waals surface area (Å²) in [4.78, 5) is 21.7. The Morgan fingerprint density at radius 2 is 1.72 bits per heavy atom. The van der Waals surface area contributed by atoms with Gasteiger partial charge in [0, 0.05) is 35.6 Å². The Labute approximate surface area is 214 Å². The lowest BCUT2D eigenvalue weighted by Gasteiger charge is -2.11. The zero-order chi connectivity index (χ0) is 25.3. The lowest BCUT2D eigenvalue weighted by atomic mass is 10.0. The molecule has 0 saturated carbocycles. The number of hydrogen-bond acceptors (Lipinski definition) is 8. The number of hydrazine groups is 1. The monoisotopic (exact) mass is 503 g/mol. The molecular formula is C27H29N5O3S. The van der Waals surface area contributed by atoms with Gasteiger partial charge in [0.25, 0.3) is 5.91 Å². The molecule has 4 aromatic rings. The van der Waals surface area contributed by atoms with E-state index in [1.807, 2.05) is 61.5 Å². The zero-order valence-electron chi connectivity index (χ0n) is 20.0. The van der Waals surface area contributed by atoms with E-state index in [1.54, 1.807) is 12.3 Å². The van der Waals surface area contributed by atoms with Crippen LogP contribution in [-0.2, 0) is 0 Å². The van der Waals surface area contributed by atoms with Crippen LogP contribution in [0, 0.1) is 0 Å². The molecule has 5 N–H and O–H groups in total. The van der Waals surface area contributed by atoms with Gasteiger partial charge in [0.05, 0.1) is 23.4 Å². The molecule has 2 aromatic heterocycles. The van der Waals surface area contributed by atoms with Crippen LogP contribution in [0.4, 0.5) is 5.82 Å². The summed E-state index contributed by atoms with van der Waals surface area (Å²) in [5.74, 6) is 7.41. The lowest BCUT2D eigenvalue weighted by Crippen LogP contribution is -2.30. The standard InChI is InChI=1S/C27H29N5O3S/c1-2-36-32-26-16-25-23(17-29-26)22(27(34)31-28)15-24(30-25)20-7-5-18(6-8-20)19-9-11-21(12-10-19)35-14-4-3-13-33/h5-12,15-17,33H,2-4,13-14,28H2,1H3,(H,29,32)(H,31,34). The van der Waals surface area contributed by atoms with Crippen LogP contribution in [0.25, 0.3) is 33.3 Å². The first-order valence-corrected chi connectivity index (χ1v) is 12.8. The number of anilines is 1. The Hall–Kier alpha value is -3.66. The van der Waals surface area contributed by atoms with Crippen LogP contribution < -0.4 is 20.7 Å². The summed E-state index contributed by atoms with van der Waals surface area (Å²) in [6, 6.07) is 19.5. The summed E-state index contributed by atoms with van der Waals surface area (Å²) >= 11 is 1.53. The number of nitrogen functional groups attached to an aromatic ring is 1. The van der Waals surface area contributed by atoms with E-state index in [9.17, 15) is 4.79 Å². The number of unbranched alkanes of at least 4 members (excludes halogenated alkanes) is 1. The quantitative estimate of drug-likeness (QED) is 0.0757. The molecule has 36 heavy (non-hydrogen) atoms. The first-order chi connectivity index (χ1) is 17.6. The van der Waals surface area contributed by atoms with Gasteiger partial charge in [-0.2, -0.15) is 0 Å². The highest BCUT2D eigenvalue weighted by Crippen LogP contribution is 2.29. The van der Waals surface area contributed by atoms with Gasteiger partial charge in [0.2, 0.25) is 0 Å². The fourth-order valence-electron chi connectivity index (χ4n) is 3.72. The number of carbonyl (C=O) groups excluding carboxylic acids is 1.